The summed E-state index contributed by atoms with van der Waals surface area (Å²) < 4.78 is 0. The average molecular weight is 552 g/mol. The molecule has 1 heterocycles. The molecule has 204 valence electrons. The van der Waals surface area contributed by atoms with Crippen molar-refractivity contribution in [2.75, 3.05) is 12.0 Å². The maximum atomic E-state index is 13.3. The van der Waals surface area contributed by atoms with E-state index in [1.165, 1.54) is 0 Å². The molecule has 0 radical (unpaired) electrons. The van der Waals surface area contributed by atoms with Crippen LogP contribution in [0.3, 0.4) is 0 Å². The van der Waals surface area contributed by atoms with Gasteiger partial charge < -0.3 is 15.3 Å². The first kappa shape index (κ1) is 31.0. The van der Waals surface area contributed by atoms with E-state index in [4.69, 9.17) is 4.84 Å². The van der Waals surface area contributed by atoms with Gasteiger partial charge in [-0.15, -0.1) is 5.17 Å². The molecule has 3 N–H and O–H groups in total. The second-order valence-corrected chi connectivity index (χ2v) is 10.2. The molecule has 3 aromatic carbocycles. The average Bonchev–Trinajstić information content (AvgIpc) is 2.95. The fourth-order valence-corrected chi connectivity index (χ4v) is 4.74. The number of hydrazine groups is 1. The first-order valence-corrected chi connectivity index (χ1v) is 14.2. The standard InChI is InChI=1S/C31H33N3O4S.Li.H/c1-22-8-6-7-11-26(22)28-20-23(14-15-27(28)30(35)33-29(31(36)37)17-19-39-2)12-13-24-16-18-34(32-21-24)38-25-9-4-3-5-10-25;;/h3-11,14-16,18,20-21,29,32H,12-13,17,19H2,1-2H3,(H,33,35)(H,36,37);;. The van der Waals surface area contributed by atoms with Gasteiger partial charge in [-0.3, -0.25) is 10.2 Å². The third kappa shape index (κ3) is 8.46. The number of hydroxylamine groups is 1. The van der Waals surface area contributed by atoms with Gasteiger partial charge in [-0.2, -0.15) is 11.8 Å². The number of benzene rings is 3. The van der Waals surface area contributed by atoms with E-state index in [1.54, 1.807) is 23.0 Å². The van der Waals surface area contributed by atoms with Crippen LogP contribution in [0.1, 0.15) is 34.3 Å². The Hall–Kier alpha value is -3.57. The molecule has 1 aliphatic rings. The van der Waals surface area contributed by atoms with Crippen molar-refractivity contribution in [2.24, 2.45) is 0 Å². The molecule has 0 spiro atoms. The van der Waals surface area contributed by atoms with Crippen molar-refractivity contribution in [2.45, 2.75) is 32.2 Å². The molecule has 40 heavy (non-hydrogen) atoms. The molecule has 0 aliphatic carbocycles. The fourth-order valence-electron chi connectivity index (χ4n) is 4.27. The maximum absolute atomic E-state index is 13.3. The van der Waals surface area contributed by atoms with Gasteiger partial charge in [0.1, 0.15) is 6.04 Å². The summed E-state index contributed by atoms with van der Waals surface area (Å²) in [4.78, 5) is 30.8. The summed E-state index contributed by atoms with van der Waals surface area (Å²) in [6, 6.07) is 22.3. The van der Waals surface area contributed by atoms with Crippen LogP contribution >= 0.6 is 11.8 Å². The Morgan fingerprint density at radius 1 is 1.02 bits per heavy atom. The number of carbonyl (C=O) groups is 2. The number of thioether (sulfide) groups is 1. The van der Waals surface area contributed by atoms with E-state index in [1.807, 2.05) is 98.4 Å². The van der Waals surface area contributed by atoms with Gasteiger partial charge in [0.25, 0.3) is 5.91 Å². The molecule has 9 heteroatoms. The number of rotatable bonds is 12. The van der Waals surface area contributed by atoms with Crippen molar-refractivity contribution in [1.29, 1.82) is 0 Å². The Morgan fingerprint density at radius 3 is 2.45 bits per heavy atom. The van der Waals surface area contributed by atoms with Crippen LogP contribution in [0.25, 0.3) is 11.1 Å². The van der Waals surface area contributed by atoms with Crippen LogP contribution in [-0.2, 0) is 11.2 Å². The number of allylic oxidation sites excluding steroid dienone is 2. The number of carboxylic acid groups (broad SMARTS) is 1. The number of aliphatic carboxylic acids is 1. The Bertz CT molecular complexity index is 1360. The van der Waals surface area contributed by atoms with Crippen LogP contribution in [0, 0.1) is 6.92 Å². The molecule has 1 aliphatic heterocycles. The monoisotopic (exact) mass is 551 g/mol. The van der Waals surface area contributed by atoms with Crippen LogP contribution in [0.2, 0.25) is 0 Å². The minimum atomic E-state index is -1.03. The fraction of sp³-hybridized carbons (Fsp3) is 0.226. The second kappa shape index (κ2) is 15.3. The number of carboxylic acids is 1. The predicted octanol–water partition coefficient (Wildman–Crippen LogP) is 5.09. The van der Waals surface area contributed by atoms with Crippen molar-refractivity contribution in [3.63, 3.8) is 0 Å². The van der Waals surface area contributed by atoms with E-state index in [2.05, 4.69) is 10.7 Å². The van der Waals surface area contributed by atoms with Crippen LogP contribution in [0.5, 0.6) is 5.75 Å². The van der Waals surface area contributed by atoms with Gasteiger partial charge in [0.05, 0.1) is 6.20 Å². The number of hydrogen-bond acceptors (Lipinski definition) is 6. The van der Waals surface area contributed by atoms with Gasteiger partial charge in [-0.1, -0.05) is 54.6 Å². The zero-order chi connectivity index (χ0) is 27.6. The molecule has 0 saturated carbocycles. The number of nitrogens with zero attached hydrogens (tertiary/aromatic N) is 1. The third-order valence-corrected chi connectivity index (χ3v) is 7.07. The van der Waals surface area contributed by atoms with Crippen LogP contribution in [0.15, 0.2) is 96.8 Å². The number of nitrogens with one attached hydrogen (secondary N) is 2. The first-order valence-electron chi connectivity index (χ1n) is 12.8. The summed E-state index contributed by atoms with van der Waals surface area (Å²) in [5.41, 5.74) is 8.58. The summed E-state index contributed by atoms with van der Waals surface area (Å²) in [5.74, 6) is -0.0234. The normalized spacial score (nSPS) is 12.9. The van der Waals surface area contributed by atoms with Crippen LogP contribution in [0.4, 0.5) is 0 Å². The molecule has 0 fully saturated rings. The summed E-state index contributed by atoms with van der Waals surface area (Å²) in [7, 11) is 0. The Kier molecular flexibility index (Phi) is 11.8. The van der Waals surface area contributed by atoms with Gasteiger partial charge in [-0.05, 0) is 90.3 Å². The summed E-state index contributed by atoms with van der Waals surface area (Å²) in [5, 5.41) is 13.9. The van der Waals surface area contributed by atoms with E-state index in [-0.39, 0.29) is 24.8 Å². The topological polar surface area (TPSA) is 90.9 Å². The molecular formula is C31H34LiN3O4S. The Morgan fingerprint density at radius 2 is 1.77 bits per heavy atom. The van der Waals surface area contributed by atoms with Crippen molar-refractivity contribution in [3.05, 3.63) is 114 Å². The second-order valence-electron chi connectivity index (χ2n) is 9.23. The molecule has 7 nitrogen and oxygen atoms in total. The van der Waals surface area contributed by atoms with Gasteiger partial charge in [0.15, 0.2) is 5.75 Å². The summed E-state index contributed by atoms with van der Waals surface area (Å²) in [6.07, 6.45) is 9.59. The molecule has 4 rings (SSSR count). The number of hydrogen-bond donors (Lipinski definition) is 3. The van der Waals surface area contributed by atoms with E-state index >= 15 is 0 Å². The van der Waals surface area contributed by atoms with E-state index in [0.717, 1.165) is 46.4 Å². The van der Waals surface area contributed by atoms with E-state index < -0.39 is 12.0 Å². The van der Waals surface area contributed by atoms with Crippen molar-refractivity contribution in [3.8, 4) is 16.9 Å². The van der Waals surface area contributed by atoms with Crippen molar-refractivity contribution < 1.29 is 19.5 Å². The number of para-hydroxylation sites is 1. The van der Waals surface area contributed by atoms with Crippen LogP contribution in [-0.4, -0.2) is 59.1 Å². The van der Waals surface area contributed by atoms with Crippen molar-refractivity contribution >= 4 is 42.5 Å². The van der Waals surface area contributed by atoms with E-state index in [9.17, 15) is 14.7 Å². The zero-order valence-electron chi connectivity index (χ0n) is 22.1. The van der Waals surface area contributed by atoms with E-state index in [0.29, 0.717) is 17.7 Å². The van der Waals surface area contributed by atoms with Crippen LogP contribution < -0.4 is 15.6 Å². The molecule has 1 unspecified atom stereocenters. The molecule has 1 amide bonds. The van der Waals surface area contributed by atoms with Gasteiger partial charge >= 0.3 is 24.8 Å². The van der Waals surface area contributed by atoms with Gasteiger partial charge in [-0.25, -0.2) is 4.79 Å². The molecular weight excluding hydrogens is 517 g/mol. The zero-order valence-corrected chi connectivity index (χ0v) is 22.9. The molecule has 1 atom stereocenters. The van der Waals surface area contributed by atoms with Gasteiger partial charge in [0.2, 0.25) is 0 Å². The summed E-state index contributed by atoms with van der Waals surface area (Å²) in [6.45, 7) is 2.01. The molecule has 3 aromatic rings. The molecule has 0 bridgehead atoms. The van der Waals surface area contributed by atoms with Gasteiger partial charge in [0, 0.05) is 11.8 Å². The van der Waals surface area contributed by atoms with Crippen molar-refractivity contribution in [1.82, 2.24) is 15.9 Å². The number of amides is 1. The number of aryl methyl sites for hydroxylation is 2. The third-order valence-electron chi connectivity index (χ3n) is 6.43. The molecule has 0 aromatic heterocycles. The summed E-state index contributed by atoms with van der Waals surface area (Å²) >= 11 is 1.55. The Balaban J connectivity index is 0.00000441. The Labute approximate surface area is 251 Å². The predicted molar refractivity (Wildman–Crippen MR) is 163 cm³/mol. The minimum absolute atomic E-state index is 0. The first-order chi connectivity index (χ1) is 18.9. The SMILES string of the molecule is CSCCC(NC(=O)c1ccc(CCC2=CNN(Oc3ccccc3)C=C2)cc1-c1ccccc1C)C(=O)O.[LiH]. The number of carbonyl (C=O) groups excluding carboxylic acids is 1. The molecule has 0 saturated heterocycles. The quantitative estimate of drug-likeness (QED) is 0.270.